The molecule has 1 N–H and O–H groups in total. The smallest absolute Gasteiger partial charge is 0.343 e. The van der Waals surface area contributed by atoms with Crippen LogP contribution < -0.4 is 10.1 Å². The van der Waals surface area contributed by atoms with E-state index in [4.69, 9.17) is 9.47 Å². The van der Waals surface area contributed by atoms with E-state index in [0.717, 1.165) is 5.56 Å². The van der Waals surface area contributed by atoms with Gasteiger partial charge in [-0.15, -0.1) is 0 Å². The van der Waals surface area contributed by atoms with Crippen LogP contribution >= 0.6 is 0 Å². The van der Waals surface area contributed by atoms with Crippen molar-refractivity contribution in [3.63, 3.8) is 0 Å². The molecule has 8 heteroatoms. The normalized spacial score (nSPS) is 10.2. The van der Waals surface area contributed by atoms with Crippen molar-refractivity contribution in [2.45, 2.75) is 6.54 Å². The average molecular weight is 298 g/mol. The number of rotatable bonds is 9. The lowest BCUT2D eigenvalue weighted by atomic mass is 10.2. The number of hydrogen-bond donors (Lipinski definition) is 1. The molecule has 0 spiro atoms. The number of ether oxygens (including phenoxy) is 3. The Morgan fingerprint density at radius 3 is 2.76 bits per heavy atom. The quantitative estimate of drug-likeness (QED) is 0.312. The van der Waals surface area contributed by atoms with Crippen LogP contribution in [0.2, 0.25) is 0 Å². The minimum Gasteiger partial charge on any atom is -0.475 e. The molecule has 0 saturated carbocycles. The van der Waals surface area contributed by atoms with Crippen LogP contribution in [0.3, 0.4) is 0 Å². The molecule has 1 rings (SSSR count). The molecule has 0 heterocycles. The Kier molecular flexibility index (Phi) is 7.13. The monoisotopic (exact) mass is 298 g/mol. The molecule has 8 nitrogen and oxygen atoms in total. The van der Waals surface area contributed by atoms with Gasteiger partial charge in [0, 0.05) is 26.3 Å². The summed E-state index contributed by atoms with van der Waals surface area (Å²) in [6.07, 6.45) is 0. The Labute approximate surface area is 122 Å². The Morgan fingerprint density at radius 1 is 1.38 bits per heavy atom. The average Bonchev–Trinajstić information content (AvgIpc) is 2.49. The van der Waals surface area contributed by atoms with E-state index in [-0.39, 0.29) is 18.0 Å². The molecule has 0 amide bonds. The van der Waals surface area contributed by atoms with Gasteiger partial charge >= 0.3 is 11.7 Å². The van der Waals surface area contributed by atoms with Gasteiger partial charge in [0.25, 0.3) is 0 Å². The Hall–Kier alpha value is -2.19. The molecule has 0 aliphatic carbocycles. The molecule has 0 unspecified atom stereocenters. The van der Waals surface area contributed by atoms with Gasteiger partial charge in [0.2, 0.25) is 0 Å². The molecule has 0 saturated heterocycles. The SMILES string of the molecule is COCCNCc1ccc(OCC(=O)OC)c([N+](=O)[O-])c1. The summed E-state index contributed by atoms with van der Waals surface area (Å²) in [5, 5.41) is 14.1. The zero-order chi connectivity index (χ0) is 15.7. The van der Waals surface area contributed by atoms with Crippen LogP contribution in [0, 0.1) is 10.1 Å². The summed E-state index contributed by atoms with van der Waals surface area (Å²) < 4.78 is 14.4. The number of nitrogens with zero attached hydrogens (tertiary/aromatic N) is 1. The summed E-state index contributed by atoms with van der Waals surface area (Å²) in [6.45, 7) is 1.30. The Bertz CT molecular complexity index is 492. The van der Waals surface area contributed by atoms with Crippen LogP contribution in [0.4, 0.5) is 5.69 Å². The predicted octanol–water partition coefficient (Wildman–Crippen LogP) is 0.883. The summed E-state index contributed by atoms with van der Waals surface area (Å²) in [4.78, 5) is 21.5. The largest absolute Gasteiger partial charge is 0.475 e. The summed E-state index contributed by atoms with van der Waals surface area (Å²) >= 11 is 0. The van der Waals surface area contributed by atoms with E-state index >= 15 is 0 Å². The molecular formula is C13H18N2O6. The zero-order valence-corrected chi connectivity index (χ0v) is 12.0. The fourth-order valence-electron chi connectivity index (χ4n) is 1.54. The van der Waals surface area contributed by atoms with Gasteiger partial charge in [-0.3, -0.25) is 10.1 Å². The Morgan fingerprint density at radius 2 is 2.14 bits per heavy atom. The van der Waals surface area contributed by atoms with Gasteiger partial charge in [-0.25, -0.2) is 4.79 Å². The third kappa shape index (κ3) is 5.76. The minimum atomic E-state index is -0.602. The third-order valence-corrected chi connectivity index (χ3v) is 2.61. The van der Waals surface area contributed by atoms with E-state index < -0.39 is 10.9 Å². The van der Waals surface area contributed by atoms with E-state index in [9.17, 15) is 14.9 Å². The van der Waals surface area contributed by atoms with Gasteiger partial charge in [0.15, 0.2) is 12.4 Å². The van der Waals surface area contributed by atoms with Gasteiger partial charge in [-0.1, -0.05) is 6.07 Å². The predicted molar refractivity (Wildman–Crippen MR) is 74.2 cm³/mol. The van der Waals surface area contributed by atoms with Crippen LogP contribution in [-0.4, -0.2) is 44.9 Å². The molecule has 1 aromatic rings. The highest BCUT2D eigenvalue weighted by molar-refractivity contribution is 5.71. The molecule has 1 aromatic carbocycles. The first-order chi connectivity index (χ1) is 10.1. The summed E-state index contributed by atoms with van der Waals surface area (Å²) in [6, 6.07) is 4.57. The van der Waals surface area contributed by atoms with Crippen LogP contribution in [-0.2, 0) is 20.8 Å². The maximum Gasteiger partial charge on any atom is 0.343 e. The lowest BCUT2D eigenvalue weighted by molar-refractivity contribution is -0.385. The fourth-order valence-corrected chi connectivity index (χ4v) is 1.54. The zero-order valence-electron chi connectivity index (χ0n) is 12.0. The first-order valence-corrected chi connectivity index (χ1v) is 6.25. The van der Waals surface area contributed by atoms with E-state index in [2.05, 4.69) is 10.1 Å². The molecule has 0 aromatic heterocycles. The summed E-state index contributed by atoms with van der Waals surface area (Å²) in [7, 11) is 2.81. The second-order valence-corrected chi connectivity index (χ2v) is 4.09. The number of nitrogens with one attached hydrogen (secondary N) is 1. The van der Waals surface area contributed by atoms with Crippen molar-refractivity contribution in [1.82, 2.24) is 5.32 Å². The van der Waals surface area contributed by atoms with Crippen molar-refractivity contribution in [2.24, 2.45) is 0 Å². The molecular weight excluding hydrogens is 280 g/mol. The van der Waals surface area contributed by atoms with Gasteiger partial charge in [-0.05, 0) is 11.6 Å². The summed E-state index contributed by atoms with van der Waals surface area (Å²) in [5.41, 5.74) is 0.549. The first-order valence-electron chi connectivity index (χ1n) is 6.25. The maximum atomic E-state index is 11.0. The molecule has 0 aliphatic heterocycles. The number of carbonyl (C=O) groups excluding carboxylic acids is 1. The van der Waals surface area contributed by atoms with Crippen molar-refractivity contribution in [1.29, 1.82) is 0 Å². The van der Waals surface area contributed by atoms with Crippen molar-refractivity contribution < 1.29 is 23.9 Å². The number of nitro groups is 1. The van der Waals surface area contributed by atoms with Crippen molar-refractivity contribution in [3.8, 4) is 5.75 Å². The molecule has 0 bridgehead atoms. The van der Waals surface area contributed by atoms with Crippen LogP contribution in [0.15, 0.2) is 18.2 Å². The van der Waals surface area contributed by atoms with E-state index in [0.29, 0.717) is 19.7 Å². The highest BCUT2D eigenvalue weighted by Crippen LogP contribution is 2.27. The topological polar surface area (TPSA) is 99.9 Å². The van der Waals surface area contributed by atoms with Crippen LogP contribution in [0.25, 0.3) is 0 Å². The van der Waals surface area contributed by atoms with E-state index in [1.165, 1.54) is 19.2 Å². The molecule has 0 atom stereocenters. The standard InChI is InChI=1S/C13H18N2O6/c1-19-6-5-14-8-10-3-4-12(11(7-10)15(17)18)21-9-13(16)20-2/h3-4,7,14H,5-6,8-9H2,1-2H3. The minimum absolute atomic E-state index is 0.0334. The maximum absolute atomic E-state index is 11.0. The number of hydrogen-bond acceptors (Lipinski definition) is 7. The lowest BCUT2D eigenvalue weighted by Gasteiger charge is -2.08. The lowest BCUT2D eigenvalue weighted by Crippen LogP contribution is -2.18. The van der Waals surface area contributed by atoms with Crippen LogP contribution in [0.1, 0.15) is 5.56 Å². The number of benzene rings is 1. The van der Waals surface area contributed by atoms with Gasteiger partial charge < -0.3 is 19.5 Å². The number of methoxy groups -OCH3 is 2. The Balaban J connectivity index is 2.72. The molecule has 0 fully saturated rings. The highest BCUT2D eigenvalue weighted by Gasteiger charge is 2.17. The van der Waals surface area contributed by atoms with E-state index in [1.807, 2.05) is 0 Å². The fraction of sp³-hybridized carbons (Fsp3) is 0.462. The molecule has 116 valence electrons. The second-order valence-electron chi connectivity index (χ2n) is 4.09. The van der Waals surface area contributed by atoms with Crippen LogP contribution in [0.5, 0.6) is 5.75 Å². The number of esters is 1. The van der Waals surface area contributed by atoms with Crippen molar-refractivity contribution in [2.75, 3.05) is 34.0 Å². The number of carbonyl (C=O) groups is 1. The van der Waals surface area contributed by atoms with Crippen molar-refractivity contribution in [3.05, 3.63) is 33.9 Å². The van der Waals surface area contributed by atoms with Gasteiger partial charge in [0.05, 0.1) is 18.6 Å². The second kappa shape index (κ2) is 8.88. The molecule has 0 aliphatic rings. The molecule has 21 heavy (non-hydrogen) atoms. The third-order valence-electron chi connectivity index (χ3n) is 2.61. The van der Waals surface area contributed by atoms with Gasteiger partial charge in [-0.2, -0.15) is 0 Å². The first kappa shape index (κ1) is 16.9. The summed E-state index contributed by atoms with van der Waals surface area (Å²) in [5.74, 6) is -0.569. The van der Waals surface area contributed by atoms with Gasteiger partial charge in [0.1, 0.15) is 0 Å². The number of nitro benzene ring substituents is 1. The van der Waals surface area contributed by atoms with E-state index in [1.54, 1.807) is 13.2 Å². The molecule has 0 radical (unpaired) electrons. The highest BCUT2D eigenvalue weighted by atomic mass is 16.6. The van der Waals surface area contributed by atoms with Crippen molar-refractivity contribution >= 4 is 11.7 Å².